The van der Waals surface area contributed by atoms with Crippen LogP contribution in [0.4, 0.5) is 20.7 Å². The van der Waals surface area contributed by atoms with Gasteiger partial charge in [-0.15, -0.1) is 0 Å². The van der Waals surface area contributed by atoms with E-state index < -0.39 is 11.8 Å². The minimum Gasteiger partial charge on any atom is -0.457 e. The lowest BCUT2D eigenvalue weighted by Crippen LogP contribution is -2.26. The summed E-state index contributed by atoms with van der Waals surface area (Å²) in [5, 5.41) is 12.7. The van der Waals surface area contributed by atoms with Crippen molar-refractivity contribution in [2.45, 2.75) is 39.2 Å². The molecule has 2 aromatic carbocycles. The van der Waals surface area contributed by atoms with Gasteiger partial charge in [0.15, 0.2) is 0 Å². The third-order valence-electron chi connectivity index (χ3n) is 6.97. The van der Waals surface area contributed by atoms with E-state index in [1.165, 1.54) is 42.6 Å². The second-order valence-corrected chi connectivity index (χ2v) is 11.3. The van der Waals surface area contributed by atoms with Crippen LogP contribution in [0.5, 0.6) is 11.5 Å². The average molecular weight is 572 g/mol. The minimum absolute atomic E-state index is 0.0282. The number of carbonyl (C=O) groups excluding carboxylic acids is 2. The predicted molar refractivity (Wildman–Crippen MR) is 159 cm³/mol. The van der Waals surface area contributed by atoms with Gasteiger partial charge in [-0.25, -0.2) is 13.9 Å². The number of fused-ring (bicyclic) bond motifs is 1. The molecule has 4 aromatic rings. The fourth-order valence-corrected chi connectivity index (χ4v) is 4.64. The number of urea groups is 1. The monoisotopic (exact) mass is 571 g/mol. The van der Waals surface area contributed by atoms with Gasteiger partial charge < -0.3 is 20.3 Å². The van der Waals surface area contributed by atoms with Crippen LogP contribution in [-0.2, 0) is 18.4 Å². The molecule has 218 valence electrons. The van der Waals surface area contributed by atoms with Crippen LogP contribution >= 0.6 is 0 Å². The number of amides is 3. The van der Waals surface area contributed by atoms with Gasteiger partial charge in [0, 0.05) is 49.9 Å². The lowest BCUT2D eigenvalue weighted by molar-refractivity contribution is 0.0957. The number of rotatable bonds is 6. The van der Waals surface area contributed by atoms with Crippen LogP contribution in [0.1, 0.15) is 48.1 Å². The highest BCUT2D eigenvalue weighted by atomic mass is 19.1. The molecule has 0 bridgehead atoms. The number of aromatic nitrogens is 3. The van der Waals surface area contributed by atoms with E-state index in [0.29, 0.717) is 11.6 Å². The number of hydrogen-bond donors (Lipinski definition) is 3. The first kappa shape index (κ1) is 28.7. The molecule has 0 saturated carbocycles. The normalized spacial score (nSPS) is 13.3. The van der Waals surface area contributed by atoms with Crippen molar-refractivity contribution < 1.29 is 18.7 Å². The fraction of sp³-hybridized carbons (Fsp3) is 0.290. The largest absolute Gasteiger partial charge is 0.457 e. The quantitative estimate of drug-likeness (QED) is 0.282. The lowest BCUT2D eigenvalue weighted by atomic mass is 9.92. The Kier molecular flexibility index (Phi) is 7.95. The zero-order valence-electron chi connectivity index (χ0n) is 24.3. The second kappa shape index (κ2) is 11.6. The Labute approximate surface area is 243 Å². The molecule has 1 aliphatic rings. The van der Waals surface area contributed by atoms with Gasteiger partial charge in [-0.3, -0.25) is 15.1 Å². The number of nitrogens with one attached hydrogen (secondary N) is 3. The molecule has 0 saturated heterocycles. The first-order valence-electron chi connectivity index (χ1n) is 13.6. The SMILES string of the molecule is CNC(=O)c1cc(Oc2ccc(NC(=O)Nc3cc(C(C)(C)C)nn3-c3ccc4c(c3)CN(C)CC4)c(F)c2)ccn1. The third-order valence-corrected chi connectivity index (χ3v) is 6.97. The van der Waals surface area contributed by atoms with E-state index in [9.17, 15) is 14.0 Å². The van der Waals surface area contributed by atoms with Crippen molar-refractivity contribution in [3.05, 3.63) is 89.1 Å². The van der Waals surface area contributed by atoms with Crippen LogP contribution in [0.25, 0.3) is 5.69 Å². The van der Waals surface area contributed by atoms with Gasteiger partial charge in [-0.2, -0.15) is 5.10 Å². The molecule has 0 aliphatic carbocycles. The first-order chi connectivity index (χ1) is 20.0. The molecule has 10 nitrogen and oxygen atoms in total. The summed E-state index contributed by atoms with van der Waals surface area (Å²) >= 11 is 0. The molecule has 2 aromatic heterocycles. The van der Waals surface area contributed by atoms with Crippen molar-refractivity contribution >= 4 is 23.4 Å². The molecule has 42 heavy (non-hydrogen) atoms. The number of carbonyl (C=O) groups is 2. The second-order valence-electron chi connectivity index (χ2n) is 11.3. The van der Waals surface area contributed by atoms with Crippen LogP contribution in [-0.4, -0.2) is 52.2 Å². The Bertz CT molecular complexity index is 1640. The number of pyridine rings is 1. The van der Waals surface area contributed by atoms with E-state index in [0.717, 1.165) is 37.0 Å². The Morgan fingerprint density at radius 2 is 1.76 bits per heavy atom. The molecule has 0 atom stereocenters. The summed E-state index contributed by atoms with van der Waals surface area (Å²) < 4.78 is 22.4. The van der Waals surface area contributed by atoms with E-state index in [4.69, 9.17) is 9.84 Å². The zero-order chi connectivity index (χ0) is 30.0. The molecule has 3 amide bonds. The Hall–Kier alpha value is -4.77. The smallest absolute Gasteiger partial charge is 0.324 e. The number of halogens is 1. The van der Waals surface area contributed by atoms with Crippen molar-refractivity contribution in [3.8, 4) is 17.2 Å². The standard InChI is InChI=1S/C31H34FN7O3/c1-31(2,3)27-17-28(39(37-27)21-7-6-19-11-13-38(5)18-20(19)14-21)36-30(41)35-25-9-8-22(15-24(25)32)42-23-10-12-34-26(16-23)29(40)33-4/h6-10,12,14-17H,11,13,18H2,1-5H3,(H,33,40)(H2,35,36,41). The molecule has 0 spiro atoms. The number of hydrogen-bond acceptors (Lipinski definition) is 6. The van der Waals surface area contributed by atoms with Crippen molar-refractivity contribution in [1.82, 2.24) is 25.0 Å². The number of ether oxygens (including phenoxy) is 1. The average Bonchev–Trinajstić information content (AvgIpc) is 3.38. The van der Waals surface area contributed by atoms with Crippen LogP contribution in [0.2, 0.25) is 0 Å². The number of likely N-dealkylation sites (N-methyl/N-ethyl adjacent to an activating group) is 1. The molecule has 0 fully saturated rings. The minimum atomic E-state index is -0.689. The molecule has 0 unspecified atom stereocenters. The van der Waals surface area contributed by atoms with Gasteiger partial charge in [0.2, 0.25) is 0 Å². The lowest BCUT2D eigenvalue weighted by Gasteiger charge is -2.25. The van der Waals surface area contributed by atoms with Crippen molar-refractivity contribution in [3.63, 3.8) is 0 Å². The van der Waals surface area contributed by atoms with Gasteiger partial charge in [0.25, 0.3) is 5.91 Å². The van der Waals surface area contributed by atoms with E-state index in [1.54, 1.807) is 10.7 Å². The van der Waals surface area contributed by atoms with Gasteiger partial charge >= 0.3 is 6.03 Å². The Morgan fingerprint density at radius 3 is 2.50 bits per heavy atom. The molecule has 1 aliphatic heterocycles. The third kappa shape index (κ3) is 6.41. The van der Waals surface area contributed by atoms with Gasteiger partial charge in [-0.1, -0.05) is 26.8 Å². The summed E-state index contributed by atoms with van der Waals surface area (Å²) in [6.07, 6.45) is 2.41. The van der Waals surface area contributed by atoms with Crippen LogP contribution in [0, 0.1) is 5.82 Å². The maximum atomic E-state index is 15.0. The Morgan fingerprint density at radius 1 is 0.976 bits per heavy atom. The van der Waals surface area contributed by atoms with Gasteiger partial charge in [-0.05, 0) is 54.9 Å². The first-order valence-corrected chi connectivity index (χ1v) is 13.6. The molecular formula is C31H34FN7O3. The highest BCUT2D eigenvalue weighted by Crippen LogP contribution is 2.29. The molecular weight excluding hydrogens is 537 g/mol. The van der Waals surface area contributed by atoms with E-state index >= 15 is 0 Å². The number of benzene rings is 2. The molecule has 5 rings (SSSR count). The summed E-state index contributed by atoms with van der Waals surface area (Å²) in [4.78, 5) is 31.1. The summed E-state index contributed by atoms with van der Waals surface area (Å²) in [5.74, 6) is -0.0820. The van der Waals surface area contributed by atoms with Crippen LogP contribution in [0.15, 0.2) is 60.8 Å². The van der Waals surface area contributed by atoms with E-state index in [-0.39, 0.29) is 28.5 Å². The summed E-state index contributed by atoms with van der Waals surface area (Å²) in [5.41, 5.74) is 4.05. The summed E-state index contributed by atoms with van der Waals surface area (Å²) in [6.45, 7) is 8.01. The topological polar surface area (TPSA) is 113 Å². The van der Waals surface area contributed by atoms with Crippen molar-refractivity contribution in [1.29, 1.82) is 0 Å². The highest BCUT2D eigenvalue weighted by molar-refractivity contribution is 5.99. The van der Waals surface area contributed by atoms with Crippen LogP contribution in [0.3, 0.4) is 0 Å². The van der Waals surface area contributed by atoms with Gasteiger partial charge in [0.05, 0.1) is 17.1 Å². The predicted octanol–water partition coefficient (Wildman–Crippen LogP) is 5.49. The van der Waals surface area contributed by atoms with Crippen molar-refractivity contribution in [2.24, 2.45) is 0 Å². The summed E-state index contributed by atoms with van der Waals surface area (Å²) in [7, 11) is 3.59. The molecule has 0 radical (unpaired) electrons. The number of anilines is 2. The zero-order valence-corrected chi connectivity index (χ0v) is 24.3. The number of nitrogens with zero attached hydrogens (tertiary/aromatic N) is 4. The van der Waals surface area contributed by atoms with Crippen molar-refractivity contribution in [2.75, 3.05) is 31.3 Å². The fourth-order valence-electron chi connectivity index (χ4n) is 4.64. The van der Waals surface area contributed by atoms with Gasteiger partial charge in [0.1, 0.15) is 28.8 Å². The van der Waals surface area contributed by atoms with E-state index in [2.05, 4.69) is 65.8 Å². The van der Waals surface area contributed by atoms with E-state index in [1.807, 2.05) is 12.1 Å². The Balaban J connectivity index is 1.33. The summed E-state index contributed by atoms with van der Waals surface area (Å²) in [6, 6.07) is 14.5. The maximum Gasteiger partial charge on any atom is 0.324 e. The highest BCUT2D eigenvalue weighted by Gasteiger charge is 2.23. The van der Waals surface area contributed by atoms with Crippen LogP contribution < -0.4 is 20.7 Å². The molecule has 11 heteroatoms. The maximum absolute atomic E-state index is 15.0. The molecule has 3 heterocycles. The molecule has 3 N–H and O–H groups in total.